The van der Waals surface area contributed by atoms with Crippen molar-refractivity contribution in [2.75, 3.05) is 0 Å². The molecule has 1 nitrogen and oxygen atoms in total. The van der Waals surface area contributed by atoms with E-state index in [1.54, 1.807) is 6.07 Å². The third-order valence-electron chi connectivity index (χ3n) is 4.81. The van der Waals surface area contributed by atoms with E-state index in [0.29, 0.717) is 11.8 Å². The standard InChI is InChI=1S/C17H25FO/c1-12-9-15(18)6-5-14(12)11-17(19)8-7-16(3,4)10-13(17)2/h5-6,9,13,19H,7-8,10-11H2,1-4H3. The van der Waals surface area contributed by atoms with E-state index in [9.17, 15) is 9.50 Å². The van der Waals surface area contributed by atoms with Crippen LogP contribution in [0.1, 0.15) is 51.2 Å². The quantitative estimate of drug-likeness (QED) is 0.846. The SMILES string of the molecule is Cc1cc(F)ccc1CC1(O)CCC(C)(C)CC1C. The molecule has 1 saturated carbocycles. The van der Waals surface area contributed by atoms with Gasteiger partial charge in [0.2, 0.25) is 0 Å². The lowest BCUT2D eigenvalue weighted by atomic mass is 9.64. The van der Waals surface area contributed by atoms with Gasteiger partial charge in [0.1, 0.15) is 5.82 Å². The molecule has 1 aromatic rings. The minimum absolute atomic E-state index is 0.203. The Labute approximate surface area is 115 Å². The van der Waals surface area contributed by atoms with E-state index in [2.05, 4.69) is 20.8 Å². The molecule has 1 fully saturated rings. The molecule has 106 valence electrons. The van der Waals surface area contributed by atoms with E-state index in [0.717, 1.165) is 30.4 Å². The minimum Gasteiger partial charge on any atom is -0.389 e. The lowest BCUT2D eigenvalue weighted by molar-refractivity contribution is -0.0705. The fraction of sp³-hybridized carbons (Fsp3) is 0.647. The summed E-state index contributed by atoms with van der Waals surface area (Å²) in [6, 6.07) is 4.86. The number of rotatable bonds is 2. The summed E-state index contributed by atoms with van der Waals surface area (Å²) in [7, 11) is 0. The molecule has 2 atom stereocenters. The molecular weight excluding hydrogens is 239 g/mol. The Hall–Kier alpha value is -0.890. The zero-order valence-corrected chi connectivity index (χ0v) is 12.5. The number of hydrogen-bond acceptors (Lipinski definition) is 1. The van der Waals surface area contributed by atoms with Crippen molar-refractivity contribution < 1.29 is 9.50 Å². The van der Waals surface area contributed by atoms with Crippen LogP contribution in [0.4, 0.5) is 4.39 Å². The second-order valence-electron chi connectivity index (χ2n) is 7.12. The zero-order valence-electron chi connectivity index (χ0n) is 12.5. The molecule has 19 heavy (non-hydrogen) atoms. The highest BCUT2D eigenvalue weighted by Crippen LogP contribution is 2.45. The molecule has 0 saturated heterocycles. The van der Waals surface area contributed by atoms with E-state index >= 15 is 0 Å². The molecule has 2 unspecified atom stereocenters. The monoisotopic (exact) mass is 264 g/mol. The summed E-state index contributed by atoms with van der Waals surface area (Å²) in [5, 5.41) is 10.9. The molecule has 1 aromatic carbocycles. The summed E-state index contributed by atoms with van der Waals surface area (Å²) < 4.78 is 13.1. The van der Waals surface area contributed by atoms with Crippen LogP contribution in [0.15, 0.2) is 18.2 Å². The van der Waals surface area contributed by atoms with Gasteiger partial charge in [0.25, 0.3) is 0 Å². The van der Waals surface area contributed by atoms with Gasteiger partial charge in [-0.3, -0.25) is 0 Å². The van der Waals surface area contributed by atoms with Crippen LogP contribution in [0.5, 0.6) is 0 Å². The Morgan fingerprint density at radius 3 is 2.58 bits per heavy atom. The van der Waals surface area contributed by atoms with Crippen molar-refractivity contribution >= 4 is 0 Å². The van der Waals surface area contributed by atoms with Gasteiger partial charge in [-0.15, -0.1) is 0 Å². The van der Waals surface area contributed by atoms with E-state index in [1.807, 2.05) is 13.0 Å². The van der Waals surface area contributed by atoms with Crippen molar-refractivity contribution in [3.8, 4) is 0 Å². The average Bonchev–Trinajstić information content (AvgIpc) is 2.28. The lowest BCUT2D eigenvalue weighted by Crippen LogP contribution is -2.45. The van der Waals surface area contributed by atoms with E-state index in [-0.39, 0.29) is 11.7 Å². The molecule has 1 N–H and O–H groups in total. The van der Waals surface area contributed by atoms with Crippen LogP contribution in [-0.2, 0) is 6.42 Å². The molecule has 0 spiro atoms. The molecule has 2 rings (SSSR count). The molecule has 0 aromatic heterocycles. The van der Waals surface area contributed by atoms with E-state index < -0.39 is 5.60 Å². The summed E-state index contributed by atoms with van der Waals surface area (Å²) >= 11 is 0. The Bertz CT molecular complexity index is 466. The van der Waals surface area contributed by atoms with E-state index in [1.165, 1.54) is 6.07 Å². The first kappa shape index (κ1) is 14.5. The molecule has 0 radical (unpaired) electrons. The highest BCUT2D eigenvalue weighted by atomic mass is 19.1. The first-order valence-electron chi connectivity index (χ1n) is 7.19. The fourth-order valence-electron chi connectivity index (χ4n) is 3.37. The van der Waals surface area contributed by atoms with Gasteiger partial charge in [-0.05, 0) is 60.8 Å². The van der Waals surface area contributed by atoms with Crippen LogP contribution >= 0.6 is 0 Å². The maximum absolute atomic E-state index is 13.1. The second-order valence-corrected chi connectivity index (χ2v) is 7.12. The highest BCUT2D eigenvalue weighted by molar-refractivity contribution is 5.28. The number of halogens is 1. The highest BCUT2D eigenvalue weighted by Gasteiger charge is 2.42. The Kier molecular flexibility index (Phi) is 3.74. The van der Waals surface area contributed by atoms with Crippen LogP contribution in [0.25, 0.3) is 0 Å². The number of aryl methyl sites for hydroxylation is 1. The fourth-order valence-corrected chi connectivity index (χ4v) is 3.37. The third-order valence-corrected chi connectivity index (χ3v) is 4.81. The minimum atomic E-state index is -0.641. The number of aliphatic hydroxyl groups is 1. The average molecular weight is 264 g/mol. The van der Waals surface area contributed by atoms with Crippen LogP contribution in [0.3, 0.4) is 0 Å². The molecule has 1 aliphatic rings. The molecule has 0 bridgehead atoms. The normalized spacial score (nSPS) is 30.3. The summed E-state index contributed by atoms with van der Waals surface area (Å²) in [4.78, 5) is 0. The first-order chi connectivity index (χ1) is 8.72. The van der Waals surface area contributed by atoms with Crippen LogP contribution in [-0.4, -0.2) is 10.7 Å². The van der Waals surface area contributed by atoms with Gasteiger partial charge >= 0.3 is 0 Å². The number of hydrogen-bond donors (Lipinski definition) is 1. The van der Waals surface area contributed by atoms with Crippen LogP contribution in [0, 0.1) is 24.1 Å². The van der Waals surface area contributed by atoms with E-state index in [4.69, 9.17) is 0 Å². The smallest absolute Gasteiger partial charge is 0.123 e. The molecule has 0 amide bonds. The van der Waals surface area contributed by atoms with Gasteiger partial charge in [-0.1, -0.05) is 26.8 Å². The predicted molar refractivity (Wildman–Crippen MR) is 76.6 cm³/mol. The Morgan fingerprint density at radius 2 is 2.00 bits per heavy atom. The summed E-state index contributed by atoms with van der Waals surface area (Å²) in [5.74, 6) is 0.0757. The Morgan fingerprint density at radius 1 is 1.32 bits per heavy atom. The van der Waals surface area contributed by atoms with Gasteiger partial charge in [0, 0.05) is 6.42 Å². The lowest BCUT2D eigenvalue weighted by Gasteiger charge is -2.45. The topological polar surface area (TPSA) is 20.2 Å². The van der Waals surface area contributed by atoms with Gasteiger partial charge in [-0.2, -0.15) is 0 Å². The largest absolute Gasteiger partial charge is 0.389 e. The third kappa shape index (κ3) is 3.17. The molecular formula is C17H25FO. The van der Waals surface area contributed by atoms with Crippen molar-refractivity contribution in [2.24, 2.45) is 11.3 Å². The molecule has 0 heterocycles. The maximum atomic E-state index is 13.1. The molecule has 0 aliphatic heterocycles. The maximum Gasteiger partial charge on any atom is 0.123 e. The van der Waals surface area contributed by atoms with Crippen molar-refractivity contribution in [3.63, 3.8) is 0 Å². The molecule has 2 heteroatoms. The number of benzene rings is 1. The summed E-state index contributed by atoms with van der Waals surface area (Å²) in [6.07, 6.45) is 3.56. The van der Waals surface area contributed by atoms with Gasteiger partial charge < -0.3 is 5.11 Å². The van der Waals surface area contributed by atoms with Crippen molar-refractivity contribution in [2.45, 2.75) is 59.0 Å². The second kappa shape index (κ2) is 4.90. The van der Waals surface area contributed by atoms with Gasteiger partial charge in [0.05, 0.1) is 5.60 Å². The Balaban J connectivity index is 2.18. The van der Waals surface area contributed by atoms with Gasteiger partial charge in [0.15, 0.2) is 0 Å². The van der Waals surface area contributed by atoms with Crippen molar-refractivity contribution in [1.82, 2.24) is 0 Å². The first-order valence-corrected chi connectivity index (χ1v) is 7.19. The van der Waals surface area contributed by atoms with Crippen molar-refractivity contribution in [1.29, 1.82) is 0 Å². The van der Waals surface area contributed by atoms with Crippen LogP contribution in [0.2, 0.25) is 0 Å². The summed E-state index contributed by atoms with van der Waals surface area (Å²) in [5.41, 5.74) is 1.68. The predicted octanol–water partition coefficient (Wildman–Crippen LogP) is 4.25. The summed E-state index contributed by atoms with van der Waals surface area (Å²) in [6.45, 7) is 8.59. The van der Waals surface area contributed by atoms with Crippen LogP contribution < -0.4 is 0 Å². The zero-order chi connectivity index (χ0) is 14.3. The van der Waals surface area contributed by atoms with Gasteiger partial charge in [-0.25, -0.2) is 4.39 Å². The van der Waals surface area contributed by atoms with Crippen molar-refractivity contribution in [3.05, 3.63) is 35.1 Å². The molecule has 1 aliphatic carbocycles.